The van der Waals surface area contributed by atoms with Crippen molar-refractivity contribution in [3.05, 3.63) is 16.0 Å². The smallest absolute Gasteiger partial charge is 0.238 e. The first-order chi connectivity index (χ1) is 10.5. The summed E-state index contributed by atoms with van der Waals surface area (Å²) in [5.74, 6) is 0.579. The highest BCUT2D eigenvalue weighted by Crippen LogP contribution is 2.39. The highest BCUT2D eigenvalue weighted by molar-refractivity contribution is 7.16. The third-order valence-corrected chi connectivity index (χ3v) is 5.07. The fraction of sp³-hybridized carbons (Fsp3) is 0.625. The number of nitriles is 1. The summed E-state index contributed by atoms with van der Waals surface area (Å²) in [5.41, 5.74) is 1.83. The minimum Gasteiger partial charge on any atom is -0.315 e. The summed E-state index contributed by atoms with van der Waals surface area (Å²) in [6, 6.07) is 2.27. The van der Waals surface area contributed by atoms with Crippen LogP contribution in [0, 0.1) is 17.2 Å². The van der Waals surface area contributed by atoms with Crippen molar-refractivity contribution in [1.82, 2.24) is 10.2 Å². The maximum Gasteiger partial charge on any atom is 0.238 e. The van der Waals surface area contributed by atoms with Gasteiger partial charge >= 0.3 is 0 Å². The first-order valence-electron chi connectivity index (χ1n) is 7.71. The molecule has 120 valence electrons. The van der Waals surface area contributed by atoms with Gasteiger partial charge in [-0.1, -0.05) is 6.92 Å². The predicted octanol–water partition coefficient (Wildman–Crippen LogP) is 1.83. The molecular formula is C16H24N4OS. The lowest BCUT2D eigenvalue weighted by Gasteiger charge is -2.17. The van der Waals surface area contributed by atoms with Crippen LogP contribution in [0.25, 0.3) is 0 Å². The van der Waals surface area contributed by atoms with E-state index in [0.29, 0.717) is 11.5 Å². The molecule has 0 fully saturated rings. The van der Waals surface area contributed by atoms with Gasteiger partial charge in [-0.2, -0.15) is 5.26 Å². The van der Waals surface area contributed by atoms with E-state index in [-0.39, 0.29) is 12.5 Å². The predicted molar refractivity (Wildman–Crippen MR) is 90.3 cm³/mol. The Morgan fingerprint density at radius 1 is 1.50 bits per heavy atom. The van der Waals surface area contributed by atoms with Gasteiger partial charge in [0.2, 0.25) is 5.91 Å². The van der Waals surface area contributed by atoms with Crippen molar-refractivity contribution >= 4 is 22.2 Å². The van der Waals surface area contributed by atoms with Crippen molar-refractivity contribution in [3.63, 3.8) is 0 Å². The topological polar surface area (TPSA) is 68.2 Å². The third kappa shape index (κ3) is 4.29. The molecule has 2 rings (SSSR count). The highest BCUT2D eigenvalue weighted by atomic mass is 32.1. The first-order valence-corrected chi connectivity index (χ1v) is 8.52. The Balaban J connectivity index is 1.95. The molecule has 0 unspecified atom stereocenters. The number of fused-ring (bicyclic) bond motifs is 1. The summed E-state index contributed by atoms with van der Waals surface area (Å²) < 4.78 is 0. The molecule has 22 heavy (non-hydrogen) atoms. The van der Waals surface area contributed by atoms with E-state index in [4.69, 9.17) is 0 Å². The number of anilines is 1. The molecular weight excluding hydrogens is 296 g/mol. The second-order valence-corrected chi connectivity index (χ2v) is 7.30. The minimum atomic E-state index is -0.0816. The van der Waals surface area contributed by atoms with Crippen molar-refractivity contribution < 1.29 is 4.79 Å². The number of rotatable bonds is 6. The molecule has 0 bridgehead atoms. The molecule has 1 aliphatic carbocycles. The molecule has 1 atom stereocenters. The highest BCUT2D eigenvalue weighted by Gasteiger charge is 2.24. The van der Waals surface area contributed by atoms with Crippen molar-refractivity contribution in [3.8, 4) is 6.07 Å². The van der Waals surface area contributed by atoms with Crippen LogP contribution in [0.15, 0.2) is 0 Å². The van der Waals surface area contributed by atoms with Gasteiger partial charge in [0.1, 0.15) is 11.1 Å². The quantitative estimate of drug-likeness (QED) is 0.785. The zero-order valence-electron chi connectivity index (χ0n) is 13.5. The fourth-order valence-electron chi connectivity index (χ4n) is 2.63. The van der Waals surface area contributed by atoms with E-state index in [1.165, 1.54) is 4.88 Å². The third-order valence-electron chi connectivity index (χ3n) is 3.90. The molecule has 6 heteroatoms. The number of thiophene rings is 1. The van der Waals surface area contributed by atoms with Gasteiger partial charge in [0, 0.05) is 18.0 Å². The Hall–Kier alpha value is -1.42. The van der Waals surface area contributed by atoms with Crippen LogP contribution >= 0.6 is 11.3 Å². The van der Waals surface area contributed by atoms with Gasteiger partial charge < -0.3 is 15.5 Å². The van der Waals surface area contributed by atoms with E-state index >= 15 is 0 Å². The summed E-state index contributed by atoms with van der Waals surface area (Å²) >= 11 is 1.57. The van der Waals surface area contributed by atoms with E-state index in [1.54, 1.807) is 11.3 Å². The molecule has 1 aromatic rings. The first kappa shape index (κ1) is 16.9. The van der Waals surface area contributed by atoms with E-state index in [0.717, 1.165) is 42.9 Å². The lowest BCUT2D eigenvalue weighted by molar-refractivity contribution is -0.115. The van der Waals surface area contributed by atoms with Crippen molar-refractivity contribution in [1.29, 1.82) is 5.26 Å². The zero-order chi connectivity index (χ0) is 16.1. The van der Waals surface area contributed by atoms with Crippen molar-refractivity contribution in [2.24, 2.45) is 5.92 Å². The van der Waals surface area contributed by atoms with Gasteiger partial charge in [-0.3, -0.25) is 4.79 Å². The maximum atomic E-state index is 12.0. The molecule has 0 saturated heterocycles. The van der Waals surface area contributed by atoms with Crippen molar-refractivity contribution in [2.45, 2.75) is 26.2 Å². The molecule has 0 aromatic carbocycles. The van der Waals surface area contributed by atoms with Gasteiger partial charge in [0.25, 0.3) is 0 Å². The number of carbonyl (C=O) groups is 1. The number of nitrogens with zero attached hydrogens (tertiary/aromatic N) is 2. The Morgan fingerprint density at radius 2 is 2.27 bits per heavy atom. The van der Waals surface area contributed by atoms with E-state index in [2.05, 4.69) is 28.5 Å². The lowest BCUT2D eigenvalue weighted by Crippen LogP contribution is -2.33. The number of likely N-dealkylation sites (N-methyl/N-ethyl adjacent to an activating group) is 1. The molecule has 0 saturated carbocycles. The normalized spacial score (nSPS) is 17.1. The Kier molecular flexibility index (Phi) is 5.95. The molecule has 0 spiro atoms. The largest absolute Gasteiger partial charge is 0.315 e. The number of carbonyl (C=O) groups excluding carboxylic acids is 1. The average molecular weight is 320 g/mol. The van der Waals surface area contributed by atoms with Gasteiger partial charge in [0.05, 0.1) is 12.1 Å². The van der Waals surface area contributed by atoms with Gasteiger partial charge in [-0.15, -0.1) is 11.3 Å². The Labute approximate surface area is 136 Å². The van der Waals surface area contributed by atoms with Crippen LogP contribution in [0.3, 0.4) is 0 Å². The van der Waals surface area contributed by atoms with Crippen LogP contribution in [-0.2, 0) is 17.6 Å². The SMILES string of the molecule is C[C@H]1CCc2c(sc(NC(=O)CNCCN(C)C)c2C#N)C1. The number of nitrogens with one attached hydrogen (secondary N) is 2. The average Bonchev–Trinajstić information content (AvgIpc) is 2.79. The lowest BCUT2D eigenvalue weighted by atomic mass is 9.89. The molecule has 1 aromatic heterocycles. The van der Waals surface area contributed by atoms with E-state index in [9.17, 15) is 10.1 Å². The second-order valence-electron chi connectivity index (χ2n) is 6.20. The number of hydrogen-bond acceptors (Lipinski definition) is 5. The zero-order valence-corrected chi connectivity index (χ0v) is 14.3. The number of amides is 1. The summed E-state index contributed by atoms with van der Waals surface area (Å²) in [5, 5.41) is 16.1. The fourth-order valence-corrected chi connectivity index (χ4v) is 4.01. The van der Waals surface area contributed by atoms with Gasteiger partial charge in [0.15, 0.2) is 0 Å². The van der Waals surface area contributed by atoms with Crippen LogP contribution in [-0.4, -0.2) is 44.5 Å². The van der Waals surface area contributed by atoms with Crippen molar-refractivity contribution in [2.75, 3.05) is 39.0 Å². The van der Waals surface area contributed by atoms with Gasteiger partial charge in [-0.25, -0.2) is 0 Å². The summed E-state index contributed by atoms with van der Waals surface area (Å²) in [7, 11) is 4.00. The molecule has 1 aliphatic rings. The van der Waals surface area contributed by atoms with Crippen LogP contribution in [0.4, 0.5) is 5.00 Å². The van der Waals surface area contributed by atoms with E-state index < -0.39 is 0 Å². The molecule has 1 heterocycles. The summed E-state index contributed by atoms with van der Waals surface area (Å²) in [6.07, 6.45) is 3.09. The summed E-state index contributed by atoms with van der Waals surface area (Å²) in [6.45, 7) is 4.17. The molecule has 0 radical (unpaired) electrons. The second kappa shape index (κ2) is 7.73. The molecule has 2 N–H and O–H groups in total. The Bertz CT molecular complexity index is 573. The van der Waals surface area contributed by atoms with Gasteiger partial charge in [-0.05, 0) is 44.8 Å². The molecule has 1 amide bonds. The van der Waals surface area contributed by atoms with Crippen LogP contribution < -0.4 is 10.6 Å². The number of hydrogen-bond donors (Lipinski definition) is 2. The van der Waals surface area contributed by atoms with Crippen LogP contribution in [0.5, 0.6) is 0 Å². The van der Waals surface area contributed by atoms with Crippen LogP contribution in [0.2, 0.25) is 0 Å². The maximum absolute atomic E-state index is 12.0. The molecule has 5 nitrogen and oxygen atoms in total. The monoisotopic (exact) mass is 320 g/mol. The molecule has 0 aliphatic heterocycles. The van der Waals surface area contributed by atoms with Crippen LogP contribution in [0.1, 0.15) is 29.3 Å². The summed E-state index contributed by atoms with van der Waals surface area (Å²) in [4.78, 5) is 15.3. The standard InChI is InChI=1S/C16H24N4OS/c1-11-4-5-12-13(9-17)16(22-14(12)8-11)19-15(21)10-18-6-7-20(2)3/h11,18H,4-8,10H2,1-3H3,(H,19,21)/t11-/m0/s1. The van der Waals surface area contributed by atoms with E-state index in [1.807, 2.05) is 14.1 Å². The minimum absolute atomic E-state index is 0.0816. The Morgan fingerprint density at radius 3 is 2.95 bits per heavy atom.